The average molecular weight is 217 g/mol. The van der Waals surface area contributed by atoms with Crippen LogP contribution in [0.25, 0.3) is 11.3 Å². The number of aryl methyl sites for hydroxylation is 1. The van der Waals surface area contributed by atoms with E-state index in [1.54, 1.807) is 0 Å². The van der Waals surface area contributed by atoms with Gasteiger partial charge in [-0.1, -0.05) is 30.3 Å². The molecule has 1 heterocycles. The molecule has 0 radical (unpaired) electrons. The number of nitrogens with zero attached hydrogens (tertiary/aromatic N) is 1. The minimum absolute atomic E-state index is 0.0723. The summed E-state index contributed by atoms with van der Waals surface area (Å²) in [7, 11) is 0. The van der Waals surface area contributed by atoms with E-state index in [1.165, 1.54) is 11.6 Å². The molecule has 0 spiro atoms. The summed E-state index contributed by atoms with van der Waals surface area (Å²) in [5.41, 5.74) is 1.95. The topological polar surface area (TPSA) is 63.3 Å². The Morgan fingerprint density at radius 1 is 1.44 bits per heavy atom. The molecule has 16 heavy (non-hydrogen) atoms. The predicted octanol–water partition coefficient (Wildman–Crippen LogP) is 2.60. The van der Waals surface area contributed by atoms with Crippen LogP contribution in [-0.2, 0) is 6.42 Å². The van der Waals surface area contributed by atoms with Crippen molar-refractivity contribution in [2.24, 2.45) is 0 Å². The fourth-order valence-corrected chi connectivity index (χ4v) is 1.46. The first kappa shape index (κ1) is 10.4. The molecule has 2 aromatic rings. The Kier molecular flexibility index (Phi) is 2.72. The van der Waals surface area contributed by atoms with Crippen LogP contribution >= 0.6 is 0 Å². The SMILES string of the molecule is CCc1cccc(-c2cc(C(=O)O)no2)c1. The number of rotatable bonds is 3. The Labute approximate surface area is 92.5 Å². The van der Waals surface area contributed by atoms with Gasteiger partial charge in [0.2, 0.25) is 0 Å². The summed E-state index contributed by atoms with van der Waals surface area (Å²) in [6, 6.07) is 9.18. The number of aromatic nitrogens is 1. The molecular formula is C12H11NO3. The molecule has 4 heteroatoms. The molecule has 1 aromatic heterocycles. The highest BCUT2D eigenvalue weighted by Crippen LogP contribution is 2.21. The summed E-state index contributed by atoms with van der Waals surface area (Å²) in [6.45, 7) is 2.06. The molecule has 0 saturated heterocycles. The van der Waals surface area contributed by atoms with Crippen molar-refractivity contribution in [3.8, 4) is 11.3 Å². The highest BCUT2D eigenvalue weighted by atomic mass is 16.5. The molecule has 0 aliphatic rings. The van der Waals surface area contributed by atoms with Crippen molar-refractivity contribution in [3.05, 3.63) is 41.6 Å². The molecule has 0 aliphatic carbocycles. The molecule has 1 aromatic carbocycles. The van der Waals surface area contributed by atoms with Crippen LogP contribution in [0.3, 0.4) is 0 Å². The second kappa shape index (κ2) is 4.18. The van der Waals surface area contributed by atoms with Gasteiger partial charge < -0.3 is 9.63 Å². The summed E-state index contributed by atoms with van der Waals surface area (Å²) in [6.07, 6.45) is 0.924. The molecule has 0 atom stereocenters. The lowest BCUT2D eigenvalue weighted by molar-refractivity contribution is 0.0686. The van der Waals surface area contributed by atoms with E-state index in [2.05, 4.69) is 12.1 Å². The third kappa shape index (κ3) is 1.95. The molecule has 82 valence electrons. The lowest BCUT2D eigenvalue weighted by Gasteiger charge is -1.98. The molecule has 4 nitrogen and oxygen atoms in total. The van der Waals surface area contributed by atoms with Crippen molar-refractivity contribution in [3.63, 3.8) is 0 Å². The van der Waals surface area contributed by atoms with Gasteiger partial charge in [0, 0.05) is 11.6 Å². The minimum Gasteiger partial charge on any atom is -0.476 e. The van der Waals surface area contributed by atoms with E-state index in [0.717, 1.165) is 12.0 Å². The molecule has 0 bridgehead atoms. The number of aromatic carboxylic acids is 1. The van der Waals surface area contributed by atoms with Gasteiger partial charge in [-0.2, -0.15) is 0 Å². The first-order valence-electron chi connectivity index (χ1n) is 5.00. The Morgan fingerprint density at radius 3 is 2.88 bits per heavy atom. The van der Waals surface area contributed by atoms with Gasteiger partial charge >= 0.3 is 5.97 Å². The predicted molar refractivity (Wildman–Crippen MR) is 58.3 cm³/mol. The summed E-state index contributed by atoms with van der Waals surface area (Å²) < 4.78 is 4.98. The van der Waals surface area contributed by atoms with Crippen LogP contribution in [0.15, 0.2) is 34.9 Å². The zero-order chi connectivity index (χ0) is 11.5. The normalized spacial score (nSPS) is 10.3. The van der Waals surface area contributed by atoms with Crippen molar-refractivity contribution in [1.29, 1.82) is 0 Å². The average Bonchev–Trinajstić information content (AvgIpc) is 2.78. The Bertz CT molecular complexity index is 516. The van der Waals surface area contributed by atoms with Gasteiger partial charge in [-0.3, -0.25) is 0 Å². The molecule has 0 aliphatic heterocycles. The number of carboxylic acid groups (broad SMARTS) is 1. The number of hydrogen-bond donors (Lipinski definition) is 1. The highest BCUT2D eigenvalue weighted by molar-refractivity contribution is 5.86. The summed E-state index contributed by atoms with van der Waals surface area (Å²) in [5.74, 6) is -0.602. The van der Waals surface area contributed by atoms with Gasteiger partial charge in [-0.25, -0.2) is 4.79 Å². The van der Waals surface area contributed by atoms with Crippen molar-refractivity contribution in [2.75, 3.05) is 0 Å². The standard InChI is InChI=1S/C12H11NO3/c1-2-8-4-3-5-9(6-8)11-7-10(12(14)15)13-16-11/h3-7H,2H2,1H3,(H,14,15). The van der Waals surface area contributed by atoms with E-state index in [4.69, 9.17) is 9.63 Å². The number of hydrogen-bond acceptors (Lipinski definition) is 3. The van der Waals surface area contributed by atoms with Gasteiger partial charge in [0.25, 0.3) is 0 Å². The largest absolute Gasteiger partial charge is 0.476 e. The van der Waals surface area contributed by atoms with Crippen LogP contribution in [0.2, 0.25) is 0 Å². The molecule has 0 fully saturated rings. The zero-order valence-electron chi connectivity index (χ0n) is 8.80. The number of benzene rings is 1. The van der Waals surface area contributed by atoms with Crippen molar-refractivity contribution in [1.82, 2.24) is 5.16 Å². The van der Waals surface area contributed by atoms with Crippen LogP contribution in [0.1, 0.15) is 23.0 Å². The maximum absolute atomic E-state index is 10.6. The van der Waals surface area contributed by atoms with E-state index >= 15 is 0 Å². The molecule has 2 rings (SSSR count). The second-order valence-corrected chi connectivity index (χ2v) is 3.44. The van der Waals surface area contributed by atoms with Gasteiger partial charge in [0.1, 0.15) is 0 Å². The van der Waals surface area contributed by atoms with Crippen LogP contribution < -0.4 is 0 Å². The Balaban J connectivity index is 2.38. The van der Waals surface area contributed by atoms with Crippen molar-refractivity contribution >= 4 is 5.97 Å². The molecule has 0 unspecified atom stereocenters. The lowest BCUT2D eigenvalue weighted by atomic mass is 10.1. The maximum atomic E-state index is 10.6. The fraction of sp³-hybridized carbons (Fsp3) is 0.167. The molecule has 1 N–H and O–H groups in total. The van der Waals surface area contributed by atoms with Crippen molar-refractivity contribution < 1.29 is 14.4 Å². The van der Waals surface area contributed by atoms with Crippen LogP contribution in [-0.4, -0.2) is 16.2 Å². The number of carboxylic acids is 1. The smallest absolute Gasteiger partial charge is 0.358 e. The van der Waals surface area contributed by atoms with Gasteiger partial charge in [-0.15, -0.1) is 0 Å². The van der Waals surface area contributed by atoms with E-state index in [1.807, 2.05) is 24.3 Å². The van der Waals surface area contributed by atoms with Crippen LogP contribution in [0.4, 0.5) is 0 Å². The molecule has 0 amide bonds. The number of carbonyl (C=O) groups is 1. The van der Waals surface area contributed by atoms with Crippen LogP contribution in [0.5, 0.6) is 0 Å². The minimum atomic E-state index is -1.08. The third-order valence-corrected chi connectivity index (χ3v) is 2.35. The van der Waals surface area contributed by atoms with Gasteiger partial charge in [-0.05, 0) is 18.1 Å². The van der Waals surface area contributed by atoms with Gasteiger partial charge in [0.05, 0.1) is 0 Å². The monoisotopic (exact) mass is 217 g/mol. The highest BCUT2D eigenvalue weighted by Gasteiger charge is 2.11. The van der Waals surface area contributed by atoms with Crippen molar-refractivity contribution in [2.45, 2.75) is 13.3 Å². The first-order valence-corrected chi connectivity index (χ1v) is 5.00. The van der Waals surface area contributed by atoms with E-state index < -0.39 is 5.97 Å². The zero-order valence-corrected chi connectivity index (χ0v) is 8.80. The van der Waals surface area contributed by atoms with Crippen LogP contribution in [0, 0.1) is 0 Å². The van der Waals surface area contributed by atoms with E-state index in [0.29, 0.717) is 5.76 Å². The fourth-order valence-electron chi connectivity index (χ4n) is 1.46. The summed E-state index contributed by atoms with van der Waals surface area (Å²) in [4.78, 5) is 10.6. The summed E-state index contributed by atoms with van der Waals surface area (Å²) in [5, 5.41) is 12.2. The van der Waals surface area contributed by atoms with Gasteiger partial charge in [0.15, 0.2) is 11.5 Å². The quantitative estimate of drug-likeness (QED) is 0.858. The van der Waals surface area contributed by atoms with E-state index in [9.17, 15) is 4.79 Å². The molecule has 0 saturated carbocycles. The molecular weight excluding hydrogens is 206 g/mol. The first-order chi connectivity index (χ1) is 7.70. The second-order valence-electron chi connectivity index (χ2n) is 3.44. The Morgan fingerprint density at radius 2 is 2.25 bits per heavy atom. The Hall–Kier alpha value is -2.10. The lowest BCUT2D eigenvalue weighted by Crippen LogP contribution is -1.94. The maximum Gasteiger partial charge on any atom is 0.358 e. The van der Waals surface area contributed by atoms with E-state index in [-0.39, 0.29) is 5.69 Å². The third-order valence-electron chi connectivity index (χ3n) is 2.35. The summed E-state index contributed by atoms with van der Waals surface area (Å²) >= 11 is 0.